The Morgan fingerprint density at radius 2 is 2.00 bits per heavy atom. The van der Waals surface area contributed by atoms with Crippen molar-refractivity contribution in [1.82, 2.24) is 14.8 Å². The monoisotopic (exact) mass is 390 g/mol. The topological polar surface area (TPSA) is 69.0 Å². The van der Waals surface area contributed by atoms with Gasteiger partial charge in [0.15, 0.2) is 10.8 Å². The summed E-state index contributed by atoms with van der Waals surface area (Å²) in [6, 6.07) is 19.2. The number of nitrogens with zero attached hydrogens (tertiary/aromatic N) is 3. The van der Waals surface area contributed by atoms with Gasteiger partial charge in [0, 0.05) is 23.7 Å². The maximum atomic E-state index is 12.5. The molecule has 0 fully saturated rings. The molecule has 2 heterocycles. The largest absolute Gasteiger partial charge is 0.497 e. The van der Waals surface area contributed by atoms with Crippen LogP contribution >= 0.6 is 11.3 Å². The van der Waals surface area contributed by atoms with Crippen LogP contribution in [0.3, 0.4) is 0 Å². The molecular formula is C21H18N4O2S. The number of hydrogen-bond acceptors (Lipinski definition) is 5. The number of para-hydroxylation sites is 1. The van der Waals surface area contributed by atoms with Gasteiger partial charge in [-0.3, -0.25) is 10.1 Å². The highest BCUT2D eigenvalue weighted by Crippen LogP contribution is 2.23. The van der Waals surface area contributed by atoms with Crippen LogP contribution in [0.5, 0.6) is 5.75 Å². The number of amides is 1. The number of hydrogen-bond donors (Lipinski definition) is 1. The number of carbonyl (C=O) groups is 1. The van der Waals surface area contributed by atoms with Crippen molar-refractivity contribution < 1.29 is 9.53 Å². The van der Waals surface area contributed by atoms with Crippen molar-refractivity contribution in [3.05, 3.63) is 89.2 Å². The molecule has 0 bridgehead atoms. The Bertz CT molecular complexity index is 1090. The Labute approximate surface area is 166 Å². The van der Waals surface area contributed by atoms with E-state index in [1.54, 1.807) is 30.3 Å². The van der Waals surface area contributed by atoms with Crippen LogP contribution in [0.4, 0.5) is 5.13 Å². The minimum atomic E-state index is -0.281. The molecule has 0 atom stereocenters. The maximum Gasteiger partial charge on any atom is 0.277 e. The molecular weight excluding hydrogens is 372 g/mol. The molecule has 7 heteroatoms. The third-order valence-electron chi connectivity index (χ3n) is 4.13. The minimum Gasteiger partial charge on any atom is -0.497 e. The molecule has 0 saturated carbocycles. The second kappa shape index (κ2) is 8.06. The Morgan fingerprint density at radius 3 is 2.82 bits per heavy atom. The van der Waals surface area contributed by atoms with E-state index in [9.17, 15) is 4.79 Å². The first kappa shape index (κ1) is 17.9. The van der Waals surface area contributed by atoms with Gasteiger partial charge >= 0.3 is 0 Å². The Kier molecular flexibility index (Phi) is 5.16. The van der Waals surface area contributed by atoms with Crippen molar-refractivity contribution in [1.29, 1.82) is 0 Å². The van der Waals surface area contributed by atoms with Crippen molar-refractivity contribution in [2.45, 2.75) is 6.42 Å². The van der Waals surface area contributed by atoms with Crippen LogP contribution in [0.2, 0.25) is 0 Å². The molecule has 4 rings (SSSR count). The van der Waals surface area contributed by atoms with Crippen molar-refractivity contribution in [2.75, 3.05) is 12.4 Å². The predicted molar refractivity (Wildman–Crippen MR) is 109 cm³/mol. The van der Waals surface area contributed by atoms with E-state index in [-0.39, 0.29) is 5.91 Å². The third-order valence-corrected chi connectivity index (χ3v) is 5.04. The van der Waals surface area contributed by atoms with Gasteiger partial charge in [-0.25, -0.2) is 9.67 Å². The fourth-order valence-corrected chi connectivity index (χ4v) is 3.60. The Balaban J connectivity index is 1.42. The highest BCUT2D eigenvalue weighted by Gasteiger charge is 2.13. The number of benzene rings is 2. The van der Waals surface area contributed by atoms with Crippen LogP contribution in [0.1, 0.15) is 20.9 Å². The van der Waals surface area contributed by atoms with E-state index >= 15 is 0 Å². The molecule has 0 aliphatic rings. The molecule has 0 radical (unpaired) electrons. The molecule has 2 aromatic heterocycles. The second-order valence-electron chi connectivity index (χ2n) is 6.10. The third kappa shape index (κ3) is 4.10. The van der Waals surface area contributed by atoms with Gasteiger partial charge in [0.05, 0.1) is 12.8 Å². The van der Waals surface area contributed by atoms with E-state index in [1.165, 1.54) is 11.3 Å². The molecule has 0 unspecified atom stereocenters. The van der Waals surface area contributed by atoms with Gasteiger partial charge in [0.25, 0.3) is 5.91 Å². The van der Waals surface area contributed by atoms with Crippen LogP contribution in [0.25, 0.3) is 5.69 Å². The summed E-state index contributed by atoms with van der Waals surface area (Å²) in [4.78, 5) is 17.8. The summed E-state index contributed by atoms with van der Waals surface area (Å²) in [6.07, 6.45) is 4.27. The lowest BCUT2D eigenvalue weighted by Crippen LogP contribution is -2.12. The summed E-state index contributed by atoms with van der Waals surface area (Å²) < 4.78 is 6.93. The SMILES string of the molecule is COc1cccc(Cc2cnc(NC(=O)c3ccn(-c4ccccc4)n3)s2)c1. The number of nitrogens with one attached hydrogen (secondary N) is 1. The van der Waals surface area contributed by atoms with E-state index in [1.807, 2.05) is 54.6 Å². The molecule has 0 saturated heterocycles. The molecule has 0 spiro atoms. The predicted octanol–water partition coefficient (Wildman–Crippen LogP) is 4.18. The van der Waals surface area contributed by atoms with Crippen molar-refractivity contribution in [3.8, 4) is 11.4 Å². The zero-order valence-corrected chi connectivity index (χ0v) is 16.0. The van der Waals surface area contributed by atoms with E-state index in [0.29, 0.717) is 10.8 Å². The van der Waals surface area contributed by atoms with Gasteiger partial charge in [-0.05, 0) is 35.9 Å². The van der Waals surface area contributed by atoms with Crippen LogP contribution < -0.4 is 10.1 Å². The van der Waals surface area contributed by atoms with Crippen molar-refractivity contribution in [3.63, 3.8) is 0 Å². The second-order valence-corrected chi connectivity index (χ2v) is 7.21. The summed E-state index contributed by atoms with van der Waals surface area (Å²) in [5.74, 6) is 0.543. The first-order valence-corrected chi connectivity index (χ1v) is 9.53. The molecule has 2 aromatic carbocycles. The number of aromatic nitrogens is 3. The van der Waals surface area contributed by atoms with Crippen molar-refractivity contribution in [2.24, 2.45) is 0 Å². The lowest BCUT2D eigenvalue weighted by molar-refractivity contribution is 0.102. The zero-order chi connectivity index (χ0) is 19.3. The first-order chi connectivity index (χ1) is 13.7. The average Bonchev–Trinajstić information content (AvgIpc) is 3.39. The standard InChI is InChI=1S/C21H18N4O2S/c1-27-17-9-5-6-15(12-17)13-18-14-22-21(28-18)23-20(26)19-10-11-25(24-19)16-7-3-2-4-8-16/h2-12,14H,13H2,1H3,(H,22,23,26). The van der Waals surface area contributed by atoms with Crippen molar-refractivity contribution >= 4 is 22.4 Å². The van der Waals surface area contributed by atoms with E-state index in [0.717, 1.165) is 28.3 Å². The van der Waals surface area contributed by atoms with Gasteiger partial charge in [0.2, 0.25) is 0 Å². The van der Waals surface area contributed by atoms with Crippen LogP contribution in [-0.2, 0) is 6.42 Å². The first-order valence-electron chi connectivity index (χ1n) is 8.71. The van der Waals surface area contributed by atoms with Gasteiger partial charge in [-0.1, -0.05) is 30.3 Å². The molecule has 0 aliphatic heterocycles. The molecule has 0 aliphatic carbocycles. The fourth-order valence-electron chi connectivity index (χ4n) is 2.76. The fraction of sp³-hybridized carbons (Fsp3) is 0.0952. The lowest BCUT2D eigenvalue weighted by atomic mass is 10.1. The number of ether oxygens (including phenoxy) is 1. The molecule has 6 nitrogen and oxygen atoms in total. The molecule has 1 N–H and O–H groups in total. The molecule has 140 valence electrons. The average molecular weight is 390 g/mol. The van der Waals surface area contributed by atoms with Crippen LogP contribution in [0, 0.1) is 0 Å². The lowest BCUT2D eigenvalue weighted by Gasteiger charge is -2.02. The summed E-state index contributed by atoms with van der Waals surface area (Å²) in [6.45, 7) is 0. The normalized spacial score (nSPS) is 10.6. The van der Waals surface area contributed by atoms with Gasteiger partial charge in [-0.2, -0.15) is 5.10 Å². The van der Waals surface area contributed by atoms with Gasteiger partial charge < -0.3 is 4.74 Å². The Hall–Kier alpha value is -3.45. The Morgan fingerprint density at radius 1 is 1.14 bits per heavy atom. The van der Waals surface area contributed by atoms with E-state index in [4.69, 9.17) is 4.74 Å². The van der Waals surface area contributed by atoms with Gasteiger partial charge in [0.1, 0.15) is 5.75 Å². The number of methoxy groups -OCH3 is 1. The number of rotatable bonds is 6. The molecule has 28 heavy (non-hydrogen) atoms. The van der Waals surface area contributed by atoms with E-state index in [2.05, 4.69) is 15.4 Å². The number of anilines is 1. The summed E-state index contributed by atoms with van der Waals surface area (Å²) >= 11 is 1.45. The minimum absolute atomic E-state index is 0.281. The summed E-state index contributed by atoms with van der Waals surface area (Å²) in [5.41, 5.74) is 2.37. The van der Waals surface area contributed by atoms with Crippen LogP contribution in [0.15, 0.2) is 73.1 Å². The molecule has 1 amide bonds. The highest BCUT2D eigenvalue weighted by molar-refractivity contribution is 7.15. The van der Waals surface area contributed by atoms with Gasteiger partial charge in [-0.15, -0.1) is 11.3 Å². The maximum absolute atomic E-state index is 12.5. The summed E-state index contributed by atoms with van der Waals surface area (Å²) in [7, 11) is 1.65. The van der Waals surface area contributed by atoms with E-state index < -0.39 is 0 Å². The zero-order valence-electron chi connectivity index (χ0n) is 15.2. The smallest absolute Gasteiger partial charge is 0.277 e. The molecule has 4 aromatic rings. The quantitative estimate of drug-likeness (QED) is 0.536. The number of thiazole rings is 1. The summed E-state index contributed by atoms with van der Waals surface area (Å²) in [5, 5.41) is 7.71. The van der Waals surface area contributed by atoms with Crippen LogP contribution in [-0.4, -0.2) is 27.8 Å². The highest BCUT2D eigenvalue weighted by atomic mass is 32.1. The number of carbonyl (C=O) groups excluding carboxylic acids is 1.